The van der Waals surface area contributed by atoms with Crippen LogP contribution in [0.5, 0.6) is 11.5 Å². The van der Waals surface area contributed by atoms with Crippen molar-refractivity contribution >= 4 is 33.1 Å². The first-order valence-corrected chi connectivity index (χ1v) is 9.13. The van der Waals surface area contributed by atoms with Gasteiger partial charge in [0.1, 0.15) is 6.61 Å². The number of aromatic nitrogens is 1. The molecule has 4 rings (SSSR count). The van der Waals surface area contributed by atoms with Gasteiger partial charge in [-0.25, -0.2) is 0 Å². The zero-order chi connectivity index (χ0) is 19.0. The standard InChI is InChI=1S/C18H15N3O5S/c1-2-20-12-8-7-11(21(23)24)9-16(12)27-18(20)19-17(22)15-10-25-13-5-3-4-6-14(13)26-15/h3-9,15H,2,10H2,1H3/t15-/m0/s1. The normalized spacial score (nSPS) is 16.5. The lowest BCUT2D eigenvalue weighted by Gasteiger charge is -2.23. The monoisotopic (exact) mass is 385 g/mol. The second-order valence-corrected chi connectivity index (χ2v) is 6.86. The lowest BCUT2D eigenvalue weighted by molar-refractivity contribution is -0.384. The number of hydrogen-bond acceptors (Lipinski definition) is 6. The summed E-state index contributed by atoms with van der Waals surface area (Å²) >= 11 is 1.23. The molecule has 138 valence electrons. The molecule has 0 radical (unpaired) electrons. The van der Waals surface area contributed by atoms with E-state index in [9.17, 15) is 14.9 Å². The molecule has 3 aromatic rings. The first-order valence-electron chi connectivity index (χ1n) is 8.31. The molecule has 1 aromatic heterocycles. The largest absolute Gasteiger partial charge is 0.485 e. The fourth-order valence-corrected chi connectivity index (χ4v) is 4.01. The maximum absolute atomic E-state index is 12.6. The minimum atomic E-state index is -0.829. The van der Waals surface area contributed by atoms with Crippen molar-refractivity contribution in [3.63, 3.8) is 0 Å². The molecule has 0 spiro atoms. The van der Waals surface area contributed by atoms with Crippen LogP contribution in [0.4, 0.5) is 5.69 Å². The Balaban J connectivity index is 1.70. The van der Waals surface area contributed by atoms with Crippen molar-refractivity contribution < 1.29 is 19.2 Å². The van der Waals surface area contributed by atoms with E-state index in [4.69, 9.17) is 9.47 Å². The summed E-state index contributed by atoms with van der Waals surface area (Å²) < 4.78 is 13.8. The molecule has 8 nitrogen and oxygen atoms in total. The Labute approximate surface area is 157 Å². The molecule has 27 heavy (non-hydrogen) atoms. The van der Waals surface area contributed by atoms with Gasteiger partial charge < -0.3 is 14.0 Å². The molecule has 9 heteroatoms. The van der Waals surface area contributed by atoms with Gasteiger partial charge in [-0.15, -0.1) is 0 Å². The van der Waals surface area contributed by atoms with Gasteiger partial charge in [-0.05, 0) is 25.1 Å². The van der Waals surface area contributed by atoms with E-state index in [0.29, 0.717) is 27.5 Å². The second-order valence-electron chi connectivity index (χ2n) is 5.85. The van der Waals surface area contributed by atoms with Gasteiger partial charge in [0, 0.05) is 18.7 Å². The highest BCUT2D eigenvalue weighted by molar-refractivity contribution is 7.16. The fraction of sp³-hybridized carbons (Fsp3) is 0.222. The highest BCUT2D eigenvalue weighted by Crippen LogP contribution is 2.31. The SMILES string of the molecule is CCn1c(=NC(=O)[C@@H]2COc3ccccc3O2)sc2cc([N+](=O)[O-])ccc21. The number of thiazole rings is 1. The van der Waals surface area contributed by atoms with Crippen LogP contribution in [-0.4, -0.2) is 28.1 Å². The van der Waals surface area contributed by atoms with Crippen molar-refractivity contribution in [3.8, 4) is 11.5 Å². The number of benzene rings is 2. The molecule has 1 atom stereocenters. The van der Waals surface area contributed by atoms with Crippen molar-refractivity contribution in [2.45, 2.75) is 19.6 Å². The van der Waals surface area contributed by atoms with Crippen LogP contribution in [0.25, 0.3) is 10.2 Å². The van der Waals surface area contributed by atoms with Crippen LogP contribution in [0.1, 0.15) is 6.92 Å². The smallest absolute Gasteiger partial charge is 0.292 e. The maximum Gasteiger partial charge on any atom is 0.292 e. The molecular formula is C18H15N3O5S. The van der Waals surface area contributed by atoms with E-state index in [1.54, 1.807) is 24.3 Å². The van der Waals surface area contributed by atoms with Crippen LogP contribution >= 0.6 is 11.3 Å². The van der Waals surface area contributed by atoms with Crippen molar-refractivity contribution in [1.82, 2.24) is 4.57 Å². The number of nitro groups is 1. The number of hydrogen-bond donors (Lipinski definition) is 0. The summed E-state index contributed by atoms with van der Waals surface area (Å²) in [6, 6.07) is 11.8. The molecule has 2 aromatic carbocycles. The Morgan fingerprint density at radius 1 is 1.33 bits per heavy atom. The first-order chi connectivity index (χ1) is 13.1. The lowest BCUT2D eigenvalue weighted by atomic mass is 10.2. The van der Waals surface area contributed by atoms with Gasteiger partial charge in [0.2, 0.25) is 6.10 Å². The molecule has 1 aliphatic heterocycles. The zero-order valence-electron chi connectivity index (χ0n) is 14.3. The first kappa shape index (κ1) is 17.2. The molecular weight excluding hydrogens is 370 g/mol. The highest BCUT2D eigenvalue weighted by Gasteiger charge is 2.27. The summed E-state index contributed by atoms with van der Waals surface area (Å²) in [5.41, 5.74) is 0.802. The highest BCUT2D eigenvalue weighted by atomic mass is 32.1. The van der Waals surface area contributed by atoms with E-state index in [1.165, 1.54) is 23.5 Å². The summed E-state index contributed by atoms with van der Waals surface area (Å²) in [7, 11) is 0. The van der Waals surface area contributed by atoms with Gasteiger partial charge in [0.15, 0.2) is 16.3 Å². The predicted octanol–water partition coefficient (Wildman–Crippen LogP) is 2.90. The minimum absolute atomic E-state index is 0.00509. The van der Waals surface area contributed by atoms with E-state index in [2.05, 4.69) is 4.99 Å². The lowest BCUT2D eigenvalue weighted by Crippen LogP contribution is -2.36. The van der Waals surface area contributed by atoms with Gasteiger partial charge in [0.25, 0.3) is 11.6 Å². The van der Waals surface area contributed by atoms with Crippen LogP contribution in [0.3, 0.4) is 0 Å². The van der Waals surface area contributed by atoms with Gasteiger partial charge in [-0.2, -0.15) is 4.99 Å². The van der Waals surface area contributed by atoms with E-state index >= 15 is 0 Å². The topological polar surface area (TPSA) is 96.0 Å². The fourth-order valence-electron chi connectivity index (χ4n) is 2.87. The number of fused-ring (bicyclic) bond motifs is 2. The number of amides is 1. The average molecular weight is 385 g/mol. The summed E-state index contributed by atoms with van der Waals surface area (Å²) in [6.07, 6.45) is -0.829. The molecule has 0 saturated carbocycles. The van der Waals surface area contributed by atoms with E-state index in [0.717, 1.165) is 5.52 Å². The number of aryl methyl sites for hydroxylation is 1. The molecule has 1 amide bonds. The van der Waals surface area contributed by atoms with Crippen molar-refractivity contribution in [1.29, 1.82) is 0 Å². The molecule has 2 heterocycles. The average Bonchev–Trinajstić information content (AvgIpc) is 3.03. The number of nitrogens with zero attached hydrogens (tertiary/aromatic N) is 3. The third-order valence-electron chi connectivity index (χ3n) is 4.18. The summed E-state index contributed by atoms with van der Waals surface area (Å²) in [5.74, 6) is 0.653. The van der Waals surface area contributed by atoms with Crippen molar-refractivity contribution in [2.24, 2.45) is 4.99 Å². The number of para-hydroxylation sites is 2. The number of carbonyl (C=O) groups excluding carboxylic acids is 1. The predicted molar refractivity (Wildman–Crippen MR) is 99.1 cm³/mol. The summed E-state index contributed by atoms with van der Waals surface area (Å²) in [5, 5.41) is 11.0. The minimum Gasteiger partial charge on any atom is -0.485 e. The van der Waals surface area contributed by atoms with E-state index < -0.39 is 16.9 Å². The Bertz CT molecular complexity index is 1120. The number of ether oxygens (including phenoxy) is 2. The summed E-state index contributed by atoms with van der Waals surface area (Å²) in [6.45, 7) is 2.59. The van der Waals surface area contributed by atoms with E-state index in [-0.39, 0.29) is 12.3 Å². The van der Waals surface area contributed by atoms with Crippen LogP contribution in [0.2, 0.25) is 0 Å². The number of nitro benzene ring substituents is 1. The van der Waals surface area contributed by atoms with Crippen molar-refractivity contribution in [3.05, 3.63) is 57.4 Å². The van der Waals surface area contributed by atoms with Gasteiger partial charge in [-0.3, -0.25) is 14.9 Å². The third kappa shape index (κ3) is 3.17. The molecule has 1 aliphatic rings. The Morgan fingerprint density at radius 3 is 2.85 bits per heavy atom. The summed E-state index contributed by atoms with van der Waals surface area (Å²) in [4.78, 5) is 27.8. The van der Waals surface area contributed by atoms with Gasteiger partial charge in [0.05, 0.1) is 15.1 Å². The number of carbonyl (C=O) groups is 1. The van der Waals surface area contributed by atoms with Crippen molar-refractivity contribution in [2.75, 3.05) is 6.61 Å². The molecule has 0 bridgehead atoms. The van der Waals surface area contributed by atoms with Gasteiger partial charge >= 0.3 is 0 Å². The Kier molecular flexibility index (Phi) is 4.36. The van der Waals surface area contributed by atoms with Crippen LogP contribution in [-0.2, 0) is 11.3 Å². The number of rotatable bonds is 3. The molecule has 0 N–H and O–H groups in total. The molecule has 0 fully saturated rings. The van der Waals surface area contributed by atoms with Gasteiger partial charge in [-0.1, -0.05) is 23.5 Å². The van der Waals surface area contributed by atoms with Crippen LogP contribution in [0.15, 0.2) is 47.5 Å². The second kappa shape index (κ2) is 6.84. The Morgan fingerprint density at radius 2 is 2.11 bits per heavy atom. The third-order valence-corrected chi connectivity index (χ3v) is 5.22. The number of non-ortho nitro benzene ring substituents is 1. The quantitative estimate of drug-likeness (QED) is 0.510. The maximum atomic E-state index is 12.6. The molecule has 0 saturated heterocycles. The zero-order valence-corrected chi connectivity index (χ0v) is 15.1. The van der Waals surface area contributed by atoms with Crippen LogP contribution < -0.4 is 14.3 Å². The van der Waals surface area contributed by atoms with Crippen LogP contribution in [0, 0.1) is 10.1 Å². The van der Waals surface area contributed by atoms with E-state index in [1.807, 2.05) is 17.6 Å². The molecule has 0 aliphatic carbocycles. The molecule has 0 unspecified atom stereocenters. The Hall–Kier alpha value is -3.20.